The molecule has 0 aliphatic carbocycles. The van der Waals surface area contributed by atoms with Crippen LogP contribution in [0.25, 0.3) is 10.8 Å². The first kappa shape index (κ1) is 21.1. The van der Waals surface area contributed by atoms with Crippen molar-refractivity contribution in [3.63, 3.8) is 0 Å². The molecule has 7 heteroatoms. The molecule has 0 radical (unpaired) electrons. The van der Waals surface area contributed by atoms with E-state index in [9.17, 15) is 14.4 Å². The van der Waals surface area contributed by atoms with Gasteiger partial charge in [0.15, 0.2) is 0 Å². The summed E-state index contributed by atoms with van der Waals surface area (Å²) in [6.07, 6.45) is 1.47. The monoisotopic (exact) mass is 449 g/mol. The molecule has 0 saturated carbocycles. The molecule has 166 valence electrons. The second-order valence-electron chi connectivity index (χ2n) is 7.69. The quantitative estimate of drug-likeness (QED) is 0.207. The van der Waals surface area contributed by atoms with E-state index in [2.05, 4.69) is 10.5 Å². The summed E-state index contributed by atoms with van der Waals surface area (Å²) in [6.45, 7) is -0.141. The molecule has 4 aromatic carbocycles. The Kier molecular flexibility index (Phi) is 5.58. The van der Waals surface area contributed by atoms with Crippen molar-refractivity contribution in [2.75, 3.05) is 11.4 Å². The zero-order valence-corrected chi connectivity index (χ0v) is 18.0. The number of nitrogens with one attached hydrogen (secondary N) is 1. The Bertz CT molecular complexity index is 1420. The molecule has 0 fully saturated rings. The lowest BCUT2D eigenvalue weighted by molar-refractivity contribution is -0.119. The minimum atomic E-state index is -0.441. The van der Waals surface area contributed by atoms with Crippen molar-refractivity contribution in [3.05, 3.63) is 108 Å². The lowest BCUT2D eigenvalue weighted by Crippen LogP contribution is -2.37. The zero-order chi connectivity index (χ0) is 23.5. The van der Waals surface area contributed by atoms with E-state index in [0.717, 1.165) is 16.5 Å². The van der Waals surface area contributed by atoms with Crippen molar-refractivity contribution < 1.29 is 19.1 Å². The first-order valence-corrected chi connectivity index (χ1v) is 10.6. The van der Waals surface area contributed by atoms with Crippen molar-refractivity contribution in [1.29, 1.82) is 0 Å². The fourth-order valence-electron chi connectivity index (χ4n) is 3.86. The standard InChI is InChI=1S/C27H19N3O4/c31-24(17-30-23-11-5-9-19-8-4-10-22(25(19)23)26(30)32)29-28-16-18-12-14-21(15-13-18)34-27(33)20-6-2-1-3-7-20/h1-16H,17H2,(H,29,31)/b28-16+. The summed E-state index contributed by atoms with van der Waals surface area (Å²) in [5, 5.41) is 5.80. The SMILES string of the molecule is O=C(CN1C(=O)c2cccc3cccc1c23)N/N=C/c1ccc(OC(=O)c2ccccc2)cc1. The van der Waals surface area contributed by atoms with Crippen molar-refractivity contribution in [3.8, 4) is 5.75 Å². The highest BCUT2D eigenvalue weighted by molar-refractivity contribution is 6.26. The average Bonchev–Trinajstić information content (AvgIpc) is 3.13. The van der Waals surface area contributed by atoms with Gasteiger partial charge in [-0.05, 0) is 59.5 Å². The molecular formula is C27H19N3O4. The lowest BCUT2D eigenvalue weighted by Gasteiger charge is -2.16. The number of rotatable bonds is 6. The number of ether oxygens (including phenoxy) is 1. The first-order valence-electron chi connectivity index (χ1n) is 10.6. The van der Waals surface area contributed by atoms with Gasteiger partial charge in [0, 0.05) is 10.9 Å². The summed E-state index contributed by atoms with van der Waals surface area (Å²) in [5.74, 6) is -0.658. The number of nitrogens with zero attached hydrogens (tertiary/aromatic N) is 2. The van der Waals surface area contributed by atoms with E-state index in [1.54, 1.807) is 54.6 Å². The van der Waals surface area contributed by atoms with Crippen LogP contribution in [0.15, 0.2) is 96.1 Å². The number of carbonyl (C=O) groups excluding carboxylic acids is 3. The topological polar surface area (TPSA) is 88.1 Å². The van der Waals surface area contributed by atoms with Gasteiger partial charge in [-0.15, -0.1) is 0 Å². The molecule has 0 saturated heterocycles. The van der Waals surface area contributed by atoms with Crippen molar-refractivity contribution >= 4 is 40.5 Å². The number of hydrazone groups is 1. The van der Waals surface area contributed by atoms with Gasteiger partial charge in [0.25, 0.3) is 11.8 Å². The summed E-state index contributed by atoms with van der Waals surface area (Å²) in [4.78, 5) is 38.8. The molecule has 1 heterocycles. The Balaban J connectivity index is 1.18. The molecule has 0 aromatic heterocycles. The Labute approximate surface area is 195 Å². The molecular weight excluding hydrogens is 430 g/mol. The lowest BCUT2D eigenvalue weighted by atomic mass is 10.1. The summed E-state index contributed by atoms with van der Waals surface area (Å²) in [5.41, 5.74) is 4.94. The van der Waals surface area contributed by atoms with Crippen LogP contribution < -0.4 is 15.1 Å². The molecule has 7 nitrogen and oxygen atoms in total. The predicted octanol–water partition coefficient (Wildman–Crippen LogP) is 4.17. The van der Waals surface area contributed by atoms with Crippen LogP contribution in [0.4, 0.5) is 5.69 Å². The van der Waals surface area contributed by atoms with Crippen LogP contribution in [-0.2, 0) is 4.79 Å². The Hall–Kier alpha value is -4.78. The smallest absolute Gasteiger partial charge is 0.343 e. The van der Waals surface area contributed by atoms with E-state index in [0.29, 0.717) is 22.4 Å². The number of benzene rings is 4. The van der Waals surface area contributed by atoms with Crippen LogP contribution in [0, 0.1) is 0 Å². The van der Waals surface area contributed by atoms with Gasteiger partial charge in [-0.1, -0.05) is 42.5 Å². The highest BCUT2D eigenvalue weighted by atomic mass is 16.5. The maximum absolute atomic E-state index is 12.8. The van der Waals surface area contributed by atoms with Crippen molar-refractivity contribution in [1.82, 2.24) is 5.43 Å². The van der Waals surface area contributed by atoms with Gasteiger partial charge in [-0.2, -0.15) is 5.10 Å². The first-order chi connectivity index (χ1) is 16.6. The van der Waals surface area contributed by atoms with Gasteiger partial charge >= 0.3 is 5.97 Å². The van der Waals surface area contributed by atoms with Gasteiger partial charge in [-0.3, -0.25) is 14.5 Å². The highest BCUT2D eigenvalue weighted by Crippen LogP contribution is 2.36. The predicted molar refractivity (Wildman–Crippen MR) is 129 cm³/mol. The van der Waals surface area contributed by atoms with Crippen molar-refractivity contribution in [2.24, 2.45) is 5.10 Å². The third-order valence-corrected chi connectivity index (χ3v) is 5.45. The third kappa shape index (κ3) is 4.14. The normalized spacial score (nSPS) is 12.4. The minimum Gasteiger partial charge on any atom is -0.423 e. The van der Waals surface area contributed by atoms with Gasteiger partial charge in [0.2, 0.25) is 0 Å². The largest absolute Gasteiger partial charge is 0.423 e. The van der Waals surface area contributed by atoms with Crippen LogP contribution in [0.5, 0.6) is 5.75 Å². The summed E-state index contributed by atoms with van der Waals surface area (Å²) < 4.78 is 5.34. The molecule has 1 aliphatic heterocycles. The maximum atomic E-state index is 12.8. The summed E-state index contributed by atoms with van der Waals surface area (Å²) >= 11 is 0. The molecule has 0 atom stereocenters. The van der Waals surface area contributed by atoms with Crippen molar-refractivity contribution in [2.45, 2.75) is 0 Å². The molecule has 2 amide bonds. The number of esters is 1. The Morgan fingerprint density at radius 1 is 0.882 bits per heavy atom. The average molecular weight is 449 g/mol. The number of amides is 2. The fraction of sp³-hybridized carbons (Fsp3) is 0.0370. The molecule has 0 unspecified atom stereocenters. The summed E-state index contributed by atoms with van der Waals surface area (Å²) in [6, 6.07) is 26.6. The van der Waals surface area contributed by atoms with E-state index in [-0.39, 0.29) is 12.5 Å². The Morgan fingerprint density at radius 3 is 2.38 bits per heavy atom. The molecule has 0 spiro atoms. The van der Waals surface area contributed by atoms with E-state index >= 15 is 0 Å². The summed E-state index contributed by atoms with van der Waals surface area (Å²) in [7, 11) is 0. The minimum absolute atomic E-state index is 0.141. The number of carbonyl (C=O) groups is 3. The molecule has 1 aliphatic rings. The van der Waals surface area contributed by atoms with E-state index < -0.39 is 11.9 Å². The van der Waals surface area contributed by atoms with E-state index in [4.69, 9.17) is 4.74 Å². The highest BCUT2D eigenvalue weighted by Gasteiger charge is 2.30. The fourth-order valence-corrected chi connectivity index (χ4v) is 3.86. The molecule has 5 rings (SSSR count). The molecule has 34 heavy (non-hydrogen) atoms. The van der Waals surface area contributed by atoms with Crippen LogP contribution >= 0.6 is 0 Å². The van der Waals surface area contributed by atoms with Gasteiger partial charge in [-0.25, -0.2) is 10.2 Å². The third-order valence-electron chi connectivity index (χ3n) is 5.45. The van der Waals surface area contributed by atoms with Crippen LogP contribution in [-0.4, -0.2) is 30.5 Å². The van der Waals surface area contributed by atoms with Crippen LogP contribution in [0.2, 0.25) is 0 Å². The maximum Gasteiger partial charge on any atom is 0.343 e. The van der Waals surface area contributed by atoms with Crippen LogP contribution in [0.1, 0.15) is 26.3 Å². The zero-order valence-electron chi connectivity index (χ0n) is 18.0. The molecule has 0 bridgehead atoms. The second-order valence-corrected chi connectivity index (χ2v) is 7.69. The number of hydrogen-bond donors (Lipinski definition) is 1. The van der Waals surface area contributed by atoms with E-state index in [1.165, 1.54) is 11.1 Å². The van der Waals surface area contributed by atoms with Gasteiger partial charge in [0.05, 0.1) is 17.5 Å². The number of hydrogen-bond acceptors (Lipinski definition) is 5. The molecule has 4 aromatic rings. The second kappa shape index (κ2) is 8.99. The van der Waals surface area contributed by atoms with Gasteiger partial charge in [0.1, 0.15) is 12.3 Å². The Morgan fingerprint density at radius 2 is 1.62 bits per heavy atom. The molecule has 1 N–H and O–H groups in total. The number of anilines is 1. The van der Waals surface area contributed by atoms with Crippen LogP contribution in [0.3, 0.4) is 0 Å². The van der Waals surface area contributed by atoms with E-state index in [1.807, 2.05) is 36.4 Å². The van der Waals surface area contributed by atoms with Gasteiger partial charge < -0.3 is 4.74 Å².